The maximum absolute atomic E-state index is 13.1. The van der Waals surface area contributed by atoms with Crippen LogP contribution in [0.15, 0.2) is 66.7 Å². The van der Waals surface area contributed by atoms with Crippen molar-refractivity contribution in [2.75, 3.05) is 12.4 Å². The highest BCUT2D eigenvalue weighted by molar-refractivity contribution is 6.40. The molecule has 0 saturated heterocycles. The van der Waals surface area contributed by atoms with Gasteiger partial charge in [-0.05, 0) is 46.9 Å². The van der Waals surface area contributed by atoms with E-state index in [2.05, 4.69) is 10.6 Å². The molecule has 0 saturated carbocycles. The Labute approximate surface area is 220 Å². The molecule has 8 heteroatoms. The maximum Gasteiger partial charge on any atom is 0.328 e. The third-order valence-electron chi connectivity index (χ3n) is 5.61. The fraction of sp³-hybridized carbons (Fsp3) is 0.250. The number of methoxy groups -OCH3 is 1. The third-order valence-corrected chi connectivity index (χ3v) is 6.24. The Kier molecular flexibility index (Phi) is 8.77. The lowest BCUT2D eigenvalue weighted by atomic mass is 9.83. The molecule has 0 heterocycles. The van der Waals surface area contributed by atoms with Crippen molar-refractivity contribution in [2.45, 2.75) is 38.6 Å². The Morgan fingerprint density at radius 2 is 1.47 bits per heavy atom. The number of amides is 2. The second-order valence-electron chi connectivity index (χ2n) is 9.30. The minimum absolute atomic E-state index is 0.189. The molecule has 1 atom stereocenters. The van der Waals surface area contributed by atoms with E-state index in [1.165, 1.54) is 7.11 Å². The lowest BCUT2D eigenvalue weighted by molar-refractivity contribution is -0.142. The largest absolute Gasteiger partial charge is 0.467 e. The van der Waals surface area contributed by atoms with Gasteiger partial charge in [0.2, 0.25) is 0 Å². The van der Waals surface area contributed by atoms with Gasteiger partial charge < -0.3 is 15.4 Å². The topological polar surface area (TPSA) is 84.5 Å². The van der Waals surface area contributed by atoms with E-state index in [0.29, 0.717) is 11.3 Å². The van der Waals surface area contributed by atoms with E-state index >= 15 is 0 Å². The summed E-state index contributed by atoms with van der Waals surface area (Å²) in [4.78, 5) is 38.2. The van der Waals surface area contributed by atoms with E-state index in [-0.39, 0.29) is 33.4 Å². The average Bonchev–Trinajstić information content (AvgIpc) is 2.83. The molecule has 0 aliphatic heterocycles. The van der Waals surface area contributed by atoms with Crippen molar-refractivity contribution >= 4 is 46.7 Å². The third kappa shape index (κ3) is 6.65. The molecule has 3 aromatic rings. The molecule has 3 rings (SSSR count). The van der Waals surface area contributed by atoms with Gasteiger partial charge in [0.25, 0.3) is 11.8 Å². The molecule has 0 aromatic heterocycles. The molecule has 0 aliphatic rings. The van der Waals surface area contributed by atoms with Crippen molar-refractivity contribution in [3.05, 3.63) is 99.0 Å². The molecular weight excluding hydrogens is 499 g/mol. The number of hydrogen-bond acceptors (Lipinski definition) is 4. The van der Waals surface area contributed by atoms with Crippen molar-refractivity contribution in [1.82, 2.24) is 5.32 Å². The number of ether oxygens (including phenoxy) is 1. The average molecular weight is 527 g/mol. The van der Waals surface area contributed by atoms with E-state index in [4.69, 9.17) is 27.9 Å². The summed E-state index contributed by atoms with van der Waals surface area (Å²) in [5, 5.41) is 6.07. The first-order valence-electron chi connectivity index (χ1n) is 11.3. The van der Waals surface area contributed by atoms with Gasteiger partial charge in [-0.15, -0.1) is 0 Å². The molecule has 0 radical (unpaired) electrons. The summed E-state index contributed by atoms with van der Waals surface area (Å²) in [5.41, 5.74) is 2.62. The van der Waals surface area contributed by atoms with Crippen LogP contribution in [0, 0.1) is 0 Å². The predicted molar refractivity (Wildman–Crippen MR) is 143 cm³/mol. The SMILES string of the molecule is COC(=O)[C@H](Cc1ccc(NC(=O)c2c(Cl)cccc2Cl)cc1)NC(=O)c1ccccc1C(C)(C)C. The van der Waals surface area contributed by atoms with Gasteiger partial charge >= 0.3 is 5.97 Å². The standard InChI is InChI=1S/C28H28Cl2N2O4/c1-28(2,3)20-9-6-5-8-19(20)25(33)32-23(27(35)36-4)16-17-12-14-18(15-13-17)31-26(34)24-21(29)10-7-11-22(24)30/h5-15,23H,16H2,1-4H3,(H,31,34)(H,32,33)/t23-/m0/s1. The van der Waals surface area contributed by atoms with Gasteiger partial charge in [0.1, 0.15) is 6.04 Å². The molecule has 0 unspecified atom stereocenters. The number of hydrogen-bond donors (Lipinski definition) is 2. The Morgan fingerprint density at radius 3 is 2.06 bits per heavy atom. The monoisotopic (exact) mass is 526 g/mol. The van der Waals surface area contributed by atoms with Crippen LogP contribution in [-0.4, -0.2) is 30.9 Å². The minimum atomic E-state index is -0.891. The van der Waals surface area contributed by atoms with Gasteiger partial charge in [0.05, 0.1) is 22.7 Å². The molecule has 0 spiro atoms. The fourth-order valence-electron chi connectivity index (χ4n) is 3.77. The second kappa shape index (κ2) is 11.6. The maximum atomic E-state index is 13.1. The van der Waals surface area contributed by atoms with Gasteiger partial charge in [-0.2, -0.15) is 0 Å². The van der Waals surface area contributed by atoms with Gasteiger partial charge in [0, 0.05) is 17.7 Å². The zero-order chi connectivity index (χ0) is 26.5. The molecular formula is C28H28Cl2N2O4. The summed E-state index contributed by atoms with van der Waals surface area (Å²) < 4.78 is 4.93. The van der Waals surface area contributed by atoms with E-state index in [9.17, 15) is 14.4 Å². The second-order valence-corrected chi connectivity index (χ2v) is 10.1. The van der Waals surface area contributed by atoms with E-state index in [1.807, 2.05) is 32.9 Å². The highest BCUT2D eigenvalue weighted by Crippen LogP contribution is 2.27. The summed E-state index contributed by atoms with van der Waals surface area (Å²) >= 11 is 12.2. The smallest absolute Gasteiger partial charge is 0.328 e. The Morgan fingerprint density at radius 1 is 0.861 bits per heavy atom. The first kappa shape index (κ1) is 27.2. The number of rotatable bonds is 7. The summed E-state index contributed by atoms with van der Waals surface area (Å²) in [7, 11) is 1.28. The molecule has 0 aliphatic carbocycles. The van der Waals surface area contributed by atoms with Crippen LogP contribution in [0.4, 0.5) is 5.69 Å². The number of carbonyl (C=O) groups excluding carboxylic acids is 3. The Bertz CT molecular complexity index is 1250. The van der Waals surface area contributed by atoms with Crippen molar-refractivity contribution in [2.24, 2.45) is 0 Å². The lowest BCUT2D eigenvalue weighted by Crippen LogP contribution is -2.43. The van der Waals surface area contributed by atoms with Crippen LogP contribution >= 0.6 is 23.2 Å². The van der Waals surface area contributed by atoms with Crippen LogP contribution in [-0.2, 0) is 21.4 Å². The molecule has 3 aromatic carbocycles. The lowest BCUT2D eigenvalue weighted by Gasteiger charge is -2.24. The summed E-state index contributed by atoms with van der Waals surface area (Å²) in [5.74, 6) is -1.34. The predicted octanol–water partition coefficient (Wildman–Crippen LogP) is 6.06. The highest BCUT2D eigenvalue weighted by Gasteiger charge is 2.26. The van der Waals surface area contributed by atoms with Crippen LogP contribution in [0.25, 0.3) is 0 Å². The normalized spacial score (nSPS) is 11.9. The van der Waals surface area contributed by atoms with Gasteiger partial charge in [-0.1, -0.05) is 80.4 Å². The molecule has 188 valence electrons. The van der Waals surface area contributed by atoms with Crippen molar-refractivity contribution < 1.29 is 19.1 Å². The number of benzene rings is 3. The fourth-order valence-corrected chi connectivity index (χ4v) is 4.34. The molecule has 6 nitrogen and oxygen atoms in total. The highest BCUT2D eigenvalue weighted by atomic mass is 35.5. The van der Waals surface area contributed by atoms with Crippen LogP contribution in [0.5, 0.6) is 0 Å². The van der Waals surface area contributed by atoms with Crippen LogP contribution in [0.2, 0.25) is 10.0 Å². The molecule has 2 amide bonds. The zero-order valence-corrected chi connectivity index (χ0v) is 22.0. The van der Waals surface area contributed by atoms with Crippen LogP contribution in [0.3, 0.4) is 0 Å². The van der Waals surface area contributed by atoms with E-state index in [1.54, 1.807) is 54.6 Å². The number of anilines is 1. The molecule has 0 fully saturated rings. The molecule has 36 heavy (non-hydrogen) atoms. The van der Waals surface area contributed by atoms with Crippen molar-refractivity contribution in [3.63, 3.8) is 0 Å². The van der Waals surface area contributed by atoms with Gasteiger partial charge in [0.15, 0.2) is 0 Å². The Hall–Kier alpha value is -3.35. The minimum Gasteiger partial charge on any atom is -0.467 e. The van der Waals surface area contributed by atoms with E-state index < -0.39 is 17.9 Å². The Balaban J connectivity index is 1.74. The quantitative estimate of drug-likeness (QED) is 0.366. The molecule has 2 N–H and O–H groups in total. The number of esters is 1. The molecule has 0 bridgehead atoms. The summed E-state index contributed by atoms with van der Waals surface area (Å²) in [6.45, 7) is 6.07. The van der Waals surface area contributed by atoms with Gasteiger partial charge in [-0.3, -0.25) is 9.59 Å². The van der Waals surface area contributed by atoms with E-state index in [0.717, 1.165) is 11.1 Å². The zero-order valence-electron chi connectivity index (χ0n) is 20.5. The van der Waals surface area contributed by atoms with Gasteiger partial charge in [-0.25, -0.2) is 4.79 Å². The van der Waals surface area contributed by atoms with Crippen molar-refractivity contribution in [3.8, 4) is 0 Å². The summed E-state index contributed by atoms with van der Waals surface area (Å²) in [6, 6.07) is 18.2. The van der Waals surface area contributed by atoms with Crippen LogP contribution in [0.1, 0.15) is 52.6 Å². The first-order chi connectivity index (χ1) is 17.0. The summed E-state index contributed by atoms with van der Waals surface area (Å²) in [6.07, 6.45) is 0.209. The number of carbonyl (C=O) groups is 3. The van der Waals surface area contributed by atoms with Crippen molar-refractivity contribution in [1.29, 1.82) is 0 Å². The first-order valence-corrected chi connectivity index (χ1v) is 12.1. The number of halogens is 2. The number of nitrogens with one attached hydrogen (secondary N) is 2. The van der Waals surface area contributed by atoms with Crippen LogP contribution < -0.4 is 10.6 Å².